The van der Waals surface area contributed by atoms with Gasteiger partial charge in [-0.25, -0.2) is 9.82 Å². The Morgan fingerprint density at radius 1 is 1.20 bits per heavy atom. The van der Waals surface area contributed by atoms with Gasteiger partial charge in [-0.15, -0.1) is 0 Å². The van der Waals surface area contributed by atoms with Gasteiger partial charge in [0.05, 0.1) is 12.8 Å². The van der Waals surface area contributed by atoms with Crippen LogP contribution in [-0.4, -0.2) is 18.7 Å². The normalized spacial score (nSPS) is 16.9. The number of ether oxygens (including phenoxy) is 1. The molecule has 2 aromatic rings. The fourth-order valence-corrected chi connectivity index (χ4v) is 2.68. The van der Waals surface area contributed by atoms with Crippen LogP contribution in [0.15, 0.2) is 41.5 Å². The van der Waals surface area contributed by atoms with Crippen LogP contribution in [0.1, 0.15) is 18.9 Å². The van der Waals surface area contributed by atoms with Gasteiger partial charge in [0.25, 0.3) is 0 Å². The van der Waals surface area contributed by atoms with Crippen LogP contribution < -0.4 is 15.5 Å². The highest BCUT2D eigenvalue weighted by Gasteiger charge is 2.21. The lowest BCUT2D eigenvalue weighted by Gasteiger charge is -2.19. The van der Waals surface area contributed by atoms with Gasteiger partial charge in [-0.05, 0) is 17.7 Å². The van der Waals surface area contributed by atoms with Crippen LogP contribution >= 0.6 is 0 Å². The van der Waals surface area contributed by atoms with Crippen molar-refractivity contribution in [2.24, 2.45) is 11.0 Å². The molecule has 0 saturated carbocycles. The van der Waals surface area contributed by atoms with E-state index in [1.165, 1.54) is 13.2 Å². The van der Waals surface area contributed by atoms with Crippen LogP contribution in [0.3, 0.4) is 0 Å². The topological polar surface area (TPSA) is 62.7 Å². The fourth-order valence-electron chi connectivity index (χ4n) is 2.68. The molecule has 1 aliphatic heterocycles. The van der Waals surface area contributed by atoms with Crippen LogP contribution in [0.4, 0.5) is 20.2 Å². The molecule has 1 aliphatic rings. The summed E-state index contributed by atoms with van der Waals surface area (Å²) in [6.07, 6.45) is 0.396. The van der Waals surface area contributed by atoms with E-state index in [-0.39, 0.29) is 17.6 Å². The SMILES string of the molecule is COc1cc(Nc2ccc(C3=NNC(=O)C[C@H]3C)cc2)cc(F)c1F. The fraction of sp³-hybridized carbons (Fsp3) is 0.222. The van der Waals surface area contributed by atoms with Gasteiger partial charge < -0.3 is 10.1 Å². The van der Waals surface area contributed by atoms with Gasteiger partial charge in [-0.1, -0.05) is 19.1 Å². The molecular weight excluding hydrogens is 328 g/mol. The number of carbonyl (C=O) groups excluding carboxylic acids is 1. The number of amides is 1. The first-order chi connectivity index (χ1) is 12.0. The summed E-state index contributed by atoms with van der Waals surface area (Å²) in [5, 5.41) is 7.11. The second-order valence-electron chi connectivity index (χ2n) is 5.81. The first-order valence-electron chi connectivity index (χ1n) is 7.75. The second-order valence-corrected chi connectivity index (χ2v) is 5.81. The highest BCUT2D eigenvalue weighted by molar-refractivity contribution is 6.05. The second kappa shape index (κ2) is 6.88. The maximum absolute atomic E-state index is 13.6. The number of methoxy groups -OCH3 is 1. The van der Waals surface area contributed by atoms with E-state index in [2.05, 4.69) is 15.8 Å². The minimum atomic E-state index is -1.02. The number of hydrogen-bond acceptors (Lipinski definition) is 4. The largest absolute Gasteiger partial charge is 0.493 e. The van der Waals surface area contributed by atoms with Gasteiger partial charge in [0, 0.05) is 35.8 Å². The molecule has 130 valence electrons. The molecular formula is C18H17F2N3O2. The molecule has 1 amide bonds. The number of nitrogens with zero attached hydrogens (tertiary/aromatic N) is 1. The molecule has 25 heavy (non-hydrogen) atoms. The molecule has 2 aromatic carbocycles. The molecule has 1 atom stereocenters. The van der Waals surface area contributed by atoms with Crippen LogP contribution in [-0.2, 0) is 4.79 Å². The monoisotopic (exact) mass is 345 g/mol. The van der Waals surface area contributed by atoms with Crippen LogP contribution in [0.25, 0.3) is 0 Å². The van der Waals surface area contributed by atoms with Crippen molar-refractivity contribution < 1.29 is 18.3 Å². The Kier molecular flexibility index (Phi) is 4.65. The van der Waals surface area contributed by atoms with Crippen molar-refractivity contribution in [3.05, 3.63) is 53.6 Å². The van der Waals surface area contributed by atoms with Crippen LogP contribution in [0, 0.1) is 17.6 Å². The standard InChI is InChI=1S/C18H17F2N3O2/c1-10-7-16(24)22-23-18(10)11-3-5-12(6-4-11)21-13-8-14(19)17(20)15(9-13)25-2/h3-6,8-10,21H,7H2,1-2H3,(H,22,24)/t10-/m1/s1. The molecule has 0 fully saturated rings. The average molecular weight is 345 g/mol. The van der Waals surface area contributed by atoms with Crippen LogP contribution in [0.5, 0.6) is 5.75 Å². The van der Waals surface area contributed by atoms with Crippen molar-refractivity contribution in [3.63, 3.8) is 0 Å². The number of anilines is 2. The summed E-state index contributed by atoms with van der Waals surface area (Å²) in [6, 6.07) is 9.76. The summed E-state index contributed by atoms with van der Waals surface area (Å²) in [7, 11) is 1.28. The lowest BCUT2D eigenvalue weighted by Crippen LogP contribution is -2.31. The lowest BCUT2D eigenvalue weighted by molar-refractivity contribution is -0.121. The first kappa shape index (κ1) is 16.9. The van der Waals surface area contributed by atoms with Crippen LogP contribution in [0.2, 0.25) is 0 Å². The molecule has 0 unspecified atom stereocenters. The Bertz CT molecular complexity index is 835. The Balaban J connectivity index is 1.80. The Hall–Kier alpha value is -2.96. The smallest absolute Gasteiger partial charge is 0.240 e. The lowest BCUT2D eigenvalue weighted by atomic mass is 9.94. The van der Waals surface area contributed by atoms with E-state index in [1.807, 2.05) is 19.1 Å². The van der Waals surface area contributed by atoms with Crippen molar-refractivity contribution in [1.82, 2.24) is 5.43 Å². The minimum absolute atomic E-state index is 0.0306. The zero-order valence-electron chi connectivity index (χ0n) is 13.8. The summed E-state index contributed by atoms with van der Waals surface area (Å²) in [5.74, 6) is -2.24. The highest BCUT2D eigenvalue weighted by Crippen LogP contribution is 2.27. The first-order valence-corrected chi connectivity index (χ1v) is 7.75. The summed E-state index contributed by atoms with van der Waals surface area (Å²) in [5.41, 5.74) is 5.25. The third-order valence-electron chi connectivity index (χ3n) is 3.94. The molecule has 1 heterocycles. The maximum atomic E-state index is 13.6. The predicted molar refractivity (Wildman–Crippen MR) is 91.1 cm³/mol. The molecule has 3 rings (SSSR count). The summed E-state index contributed by atoms with van der Waals surface area (Å²) < 4.78 is 31.9. The Morgan fingerprint density at radius 2 is 1.92 bits per heavy atom. The van der Waals surface area contributed by atoms with E-state index < -0.39 is 11.6 Å². The predicted octanol–water partition coefficient (Wildman–Crippen LogP) is 3.58. The number of hydrogen-bond donors (Lipinski definition) is 2. The number of hydrazone groups is 1. The Labute approximate surface area is 143 Å². The van der Waals surface area contributed by atoms with Crippen molar-refractivity contribution in [2.75, 3.05) is 12.4 Å². The molecule has 0 aromatic heterocycles. The maximum Gasteiger partial charge on any atom is 0.240 e. The molecule has 5 nitrogen and oxygen atoms in total. The van der Waals surface area contributed by atoms with Gasteiger partial charge in [0.15, 0.2) is 11.6 Å². The summed E-state index contributed by atoms with van der Waals surface area (Å²) >= 11 is 0. The van der Waals surface area contributed by atoms with Gasteiger partial charge in [0.1, 0.15) is 0 Å². The highest BCUT2D eigenvalue weighted by atomic mass is 19.2. The number of rotatable bonds is 4. The van der Waals surface area contributed by atoms with E-state index in [4.69, 9.17) is 4.74 Å². The van der Waals surface area contributed by atoms with Gasteiger partial charge in [-0.2, -0.15) is 9.49 Å². The molecule has 0 bridgehead atoms. The molecule has 0 radical (unpaired) electrons. The van der Waals surface area contributed by atoms with Crippen molar-refractivity contribution in [2.45, 2.75) is 13.3 Å². The van der Waals surface area contributed by atoms with Gasteiger partial charge in [-0.3, -0.25) is 4.79 Å². The minimum Gasteiger partial charge on any atom is -0.493 e. The van der Waals surface area contributed by atoms with E-state index in [1.54, 1.807) is 12.1 Å². The third-order valence-corrected chi connectivity index (χ3v) is 3.94. The van der Waals surface area contributed by atoms with Crippen molar-refractivity contribution in [1.29, 1.82) is 0 Å². The molecule has 0 spiro atoms. The van der Waals surface area contributed by atoms with E-state index in [0.717, 1.165) is 17.3 Å². The zero-order chi connectivity index (χ0) is 18.0. The summed E-state index contributed by atoms with van der Waals surface area (Å²) in [4.78, 5) is 11.3. The quantitative estimate of drug-likeness (QED) is 0.890. The number of nitrogens with one attached hydrogen (secondary N) is 2. The van der Waals surface area contributed by atoms with Crippen molar-refractivity contribution in [3.8, 4) is 5.75 Å². The summed E-state index contributed by atoms with van der Waals surface area (Å²) in [6.45, 7) is 1.94. The van der Waals surface area contributed by atoms with Gasteiger partial charge in [0.2, 0.25) is 11.7 Å². The zero-order valence-corrected chi connectivity index (χ0v) is 13.8. The molecule has 0 aliphatic carbocycles. The average Bonchev–Trinajstić information content (AvgIpc) is 2.59. The van der Waals surface area contributed by atoms with Gasteiger partial charge >= 0.3 is 0 Å². The molecule has 7 heteroatoms. The van der Waals surface area contributed by atoms with E-state index >= 15 is 0 Å². The molecule has 2 N–H and O–H groups in total. The van der Waals surface area contributed by atoms with E-state index in [9.17, 15) is 13.6 Å². The number of carbonyl (C=O) groups is 1. The molecule has 0 saturated heterocycles. The number of halogens is 2. The van der Waals surface area contributed by atoms with Crippen molar-refractivity contribution >= 4 is 23.0 Å². The van der Waals surface area contributed by atoms with E-state index in [0.29, 0.717) is 17.8 Å². The number of benzene rings is 2. The third kappa shape index (κ3) is 3.60. The Morgan fingerprint density at radius 3 is 2.56 bits per heavy atom.